The summed E-state index contributed by atoms with van der Waals surface area (Å²) >= 11 is 7.34. The first kappa shape index (κ1) is 21.1. The van der Waals surface area contributed by atoms with Crippen LogP contribution in [0.2, 0.25) is 5.02 Å². The van der Waals surface area contributed by atoms with E-state index in [1.807, 2.05) is 13.8 Å². The van der Waals surface area contributed by atoms with E-state index in [0.29, 0.717) is 52.7 Å². The van der Waals surface area contributed by atoms with Crippen molar-refractivity contribution in [1.82, 2.24) is 4.90 Å². The lowest BCUT2D eigenvalue weighted by atomic mass is 9.89. The summed E-state index contributed by atoms with van der Waals surface area (Å²) in [7, 11) is 0. The van der Waals surface area contributed by atoms with E-state index in [4.69, 9.17) is 21.1 Å². The molecule has 1 aromatic rings. The Labute approximate surface area is 175 Å². The van der Waals surface area contributed by atoms with E-state index < -0.39 is 0 Å². The first-order valence-corrected chi connectivity index (χ1v) is 11.1. The molecule has 2 amide bonds. The van der Waals surface area contributed by atoms with Crippen LogP contribution in [0, 0.1) is 5.92 Å². The van der Waals surface area contributed by atoms with Crippen molar-refractivity contribution in [1.29, 1.82) is 0 Å². The molecule has 3 rings (SSSR count). The second-order valence-electron chi connectivity index (χ2n) is 6.99. The average molecular weight is 424 g/mol. The second kappa shape index (κ2) is 9.70. The molecule has 0 bridgehead atoms. The maximum atomic E-state index is 12.8. The maximum Gasteiger partial charge on any atom is 0.293 e. The molecule has 5 nitrogen and oxygen atoms in total. The zero-order chi connectivity index (χ0) is 20.1. The van der Waals surface area contributed by atoms with E-state index in [1.54, 1.807) is 18.2 Å². The first-order valence-electron chi connectivity index (χ1n) is 9.88. The highest BCUT2D eigenvalue weighted by Gasteiger charge is 2.36. The number of hydrogen-bond acceptors (Lipinski definition) is 5. The fourth-order valence-corrected chi connectivity index (χ4v) is 4.78. The molecule has 1 aliphatic heterocycles. The fraction of sp³-hybridized carbons (Fsp3) is 0.524. The third-order valence-electron chi connectivity index (χ3n) is 4.96. The smallest absolute Gasteiger partial charge is 0.293 e. The summed E-state index contributed by atoms with van der Waals surface area (Å²) < 4.78 is 11.2. The number of ether oxygens (including phenoxy) is 2. The van der Waals surface area contributed by atoms with Gasteiger partial charge in [0.2, 0.25) is 0 Å². The highest BCUT2D eigenvalue weighted by Crippen LogP contribution is 2.39. The van der Waals surface area contributed by atoms with E-state index in [-0.39, 0.29) is 11.1 Å². The van der Waals surface area contributed by atoms with E-state index in [9.17, 15) is 9.59 Å². The number of halogens is 1. The van der Waals surface area contributed by atoms with Crippen molar-refractivity contribution in [2.45, 2.75) is 46.0 Å². The zero-order valence-corrected chi connectivity index (χ0v) is 17.9. The third-order valence-corrected chi connectivity index (χ3v) is 6.15. The SMILES string of the molecule is CCOc1cc(/C=C2/SC(=O)N(CC3CCCCC3)C2=O)cc(Cl)c1OCC. The van der Waals surface area contributed by atoms with Gasteiger partial charge in [-0.3, -0.25) is 14.5 Å². The Morgan fingerprint density at radius 2 is 1.86 bits per heavy atom. The van der Waals surface area contributed by atoms with Crippen LogP contribution < -0.4 is 9.47 Å². The summed E-state index contributed by atoms with van der Waals surface area (Å²) in [5, 5.41) is 0.226. The van der Waals surface area contributed by atoms with Gasteiger partial charge < -0.3 is 9.47 Å². The Bertz CT molecular complexity index is 774. The zero-order valence-electron chi connectivity index (χ0n) is 16.3. The second-order valence-corrected chi connectivity index (χ2v) is 8.39. The van der Waals surface area contributed by atoms with Gasteiger partial charge in [0.05, 0.1) is 23.1 Å². The van der Waals surface area contributed by atoms with Gasteiger partial charge in [0.25, 0.3) is 11.1 Å². The van der Waals surface area contributed by atoms with Gasteiger partial charge in [0.15, 0.2) is 11.5 Å². The van der Waals surface area contributed by atoms with Gasteiger partial charge in [-0.1, -0.05) is 30.9 Å². The average Bonchev–Trinajstić information content (AvgIpc) is 2.93. The molecule has 7 heteroatoms. The highest BCUT2D eigenvalue weighted by atomic mass is 35.5. The molecule has 1 heterocycles. The standard InChI is InChI=1S/C21H26ClNO4S/c1-3-26-17-11-15(10-16(22)19(17)27-4-2)12-18-20(24)23(21(25)28-18)13-14-8-6-5-7-9-14/h10-12,14H,3-9,13H2,1-2H3/b18-12+. The van der Waals surface area contributed by atoms with Crippen molar-refractivity contribution >= 4 is 40.6 Å². The number of carbonyl (C=O) groups is 2. The molecule has 0 N–H and O–H groups in total. The molecular formula is C21H26ClNO4S. The van der Waals surface area contributed by atoms with Gasteiger partial charge in [0, 0.05) is 6.54 Å². The van der Waals surface area contributed by atoms with Crippen LogP contribution in [0.1, 0.15) is 51.5 Å². The minimum atomic E-state index is -0.219. The number of amides is 2. The van der Waals surface area contributed by atoms with Crippen LogP contribution >= 0.6 is 23.4 Å². The molecule has 152 valence electrons. The van der Waals surface area contributed by atoms with Gasteiger partial charge in [0.1, 0.15) is 0 Å². The summed E-state index contributed by atoms with van der Waals surface area (Å²) in [6.45, 7) is 5.22. The fourth-order valence-electron chi connectivity index (χ4n) is 3.66. The van der Waals surface area contributed by atoms with E-state index in [1.165, 1.54) is 24.2 Å². The number of imide groups is 1. The number of thioether (sulfide) groups is 1. The number of hydrogen-bond donors (Lipinski definition) is 0. The summed E-state index contributed by atoms with van der Waals surface area (Å²) in [6, 6.07) is 3.51. The lowest BCUT2D eigenvalue weighted by Gasteiger charge is -2.25. The van der Waals surface area contributed by atoms with Crippen LogP contribution in [0.4, 0.5) is 4.79 Å². The maximum absolute atomic E-state index is 12.8. The van der Waals surface area contributed by atoms with Gasteiger partial charge in [-0.2, -0.15) is 0 Å². The number of rotatable bonds is 7. The molecule has 2 aliphatic rings. The van der Waals surface area contributed by atoms with Crippen LogP contribution in [0.3, 0.4) is 0 Å². The quantitative estimate of drug-likeness (QED) is 0.522. The molecule has 0 aromatic heterocycles. The van der Waals surface area contributed by atoms with Gasteiger partial charge in [-0.25, -0.2) is 0 Å². The topological polar surface area (TPSA) is 55.8 Å². The Hall–Kier alpha value is -1.66. The van der Waals surface area contributed by atoms with Crippen LogP contribution in [0.15, 0.2) is 17.0 Å². The van der Waals surface area contributed by atoms with Gasteiger partial charge in [-0.05, 0) is 68.1 Å². The monoisotopic (exact) mass is 423 g/mol. The molecule has 0 atom stereocenters. The van der Waals surface area contributed by atoms with Crippen LogP contribution in [-0.2, 0) is 4.79 Å². The molecule has 2 fully saturated rings. The lowest BCUT2D eigenvalue weighted by Crippen LogP contribution is -2.34. The molecule has 0 unspecified atom stereocenters. The minimum absolute atomic E-state index is 0.191. The summed E-state index contributed by atoms with van der Waals surface area (Å²) in [6.07, 6.45) is 7.50. The predicted octanol–water partition coefficient (Wildman–Crippen LogP) is 5.75. The van der Waals surface area contributed by atoms with Crippen LogP contribution in [0.5, 0.6) is 11.5 Å². The largest absolute Gasteiger partial charge is 0.490 e. The summed E-state index contributed by atoms with van der Waals surface area (Å²) in [5.41, 5.74) is 0.708. The molecular weight excluding hydrogens is 398 g/mol. The van der Waals surface area contributed by atoms with E-state index >= 15 is 0 Å². The highest BCUT2D eigenvalue weighted by molar-refractivity contribution is 8.18. The number of carbonyl (C=O) groups excluding carboxylic acids is 2. The normalized spacial score (nSPS) is 19.5. The number of benzene rings is 1. The van der Waals surface area contributed by atoms with Crippen molar-refractivity contribution in [2.24, 2.45) is 5.92 Å². The number of nitrogens with zero attached hydrogens (tertiary/aromatic N) is 1. The predicted molar refractivity (Wildman–Crippen MR) is 113 cm³/mol. The molecule has 28 heavy (non-hydrogen) atoms. The van der Waals surface area contributed by atoms with Crippen molar-refractivity contribution in [2.75, 3.05) is 19.8 Å². The molecule has 0 spiro atoms. The first-order chi connectivity index (χ1) is 13.5. The molecule has 1 aromatic carbocycles. The molecule has 0 radical (unpaired) electrons. The Morgan fingerprint density at radius 3 is 2.54 bits per heavy atom. The molecule has 1 saturated heterocycles. The van der Waals surface area contributed by atoms with Crippen LogP contribution in [-0.4, -0.2) is 35.8 Å². The van der Waals surface area contributed by atoms with Crippen molar-refractivity contribution in [3.63, 3.8) is 0 Å². The van der Waals surface area contributed by atoms with E-state index in [0.717, 1.165) is 24.6 Å². The van der Waals surface area contributed by atoms with E-state index in [2.05, 4.69) is 0 Å². The lowest BCUT2D eigenvalue weighted by molar-refractivity contribution is -0.123. The Morgan fingerprint density at radius 1 is 1.14 bits per heavy atom. The third kappa shape index (κ3) is 4.84. The summed E-state index contributed by atoms with van der Waals surface area (Å²) in [4.78, 5) is 27.0. The van der Waals surface area contributed by atoms with Crippen molar-refractivity contribution in [3.05, 3.63) is 27.6 Å². The molecule has 1 saturated carbocycles. The van der Waals surface area contributed by atoms with Crippen molar-refractivity contribution < 1.29 is 19.1 Å². The Balaban J connectivity index is 1.80. The minimum Gasteiger partial charge on any atom is -0.490 e. The van der Waals surface area contributed by atoms with Crippen molar-refractivity contribution in [3.8, 4) is 11.5 Å². The molecule has 1 aliphatic carbocycles. The Kier molecular flexibility index (Phi) is 7.30. The summed E-state index contributed by atoms with van der Waals surface area (Å²) in [5.74, 6) is 1.23. The van der Waals surface area contributed by atoms with Gasteiger partial charge in [-0.15, -0.1) is 0 Å². The van der Waals surface area contributed by atoms with Gasteiger partial charge >= 0.3 is 0 Å². The van der Waals surface area contributed by atoms with Crippen LogP contribution in [0.25, 0.3) is 6.08 Å².